The third-order valence-corrected chi connectivity index (χ3v) is 7.96. The molecule has 1 unspecified atom stereocenters. The van der Waals surface area contributed by atoms with Gasteiger partial charge in [-0.3, -0.25) is 9.52 Å². The molecule has 8 nitrogen and oxygen atoms in total. The van der Waals surface area contributed by atoms with Crippen molar-refractivity contribution in [3.05, 3.63) is 83.1 Å². The van der Waals surface area contributed by atoms with Crippen LogP contribution in [0.4, 0.5) is 10.6 Å². The van der Waals surface area contributed by atoms with E-state index in [9.17, 15) is 9.59 Å². The zero-order valence-electron chi connectivity index (χ0n) is 24.2. The first-order chi connectivity index (χ1) is 19.4. The summed E-state index contributed by atoms with van der Waals surface area (Å²) >= 11 is 7.17. The number of hydrogen-bond donors (Lipinski definition) is 2. The molecule has 218 valence electrons. The molecule has 3 aromatic rings. The Morgan fingerprint density at radius 3 is 2.59 bits per heavy atom. The number of likely N-dealkylation sites (tertiary alicyclic amines) is 1. The lowest BCUT2D eigenvalue weighted by atomic mass is 9.90. The van der Waals surface area contributed by atoms with E-state index in [0.717, 1.165) is 36.8 Å². The van der Waals surface area contributed by atoms with E-state index in [2.05, 4.69) is 41.0 Å². The fourth-order valence-corrected chi connectivity index (χ4v) is 5.87. The maximum absolute atomic E-state index is 12.9. The summed E-state index contributed by atoms with van der Waals surface area (Å²) in [4.78, 5) is 36.0. The van der Waals surface area contributed by atoms with Crippen molar-refractivity contribution in [1.29, 1.82) is 0 Å². The molecule has 41 heavy (non-hydrogen) atoms. The lowest BCUT2D eigenvalue weighted by molar-refractivity contribution is 0.0130. The summed E-state index contributed by atoms with van der Waals surface area (Å²) in [6.07, 6.45) is 4.00. The Morgan fingerprint density at radius 2 is 1.88 bits per heavy atom. The van der Waals surface area contributed by atoms with Crippen LogP contribution in [-0.2, 0) is 4.74 Å². The maximum atomic E-state index is 12.9. The summed E-state index contributed by atoms with van der Waals surface area (Å²) in [6, 6.07) is 19.3. The monoisotopic (exact) mass is 595 g/mol. The molecule has 0 bridgehead atoms. The van der Waals surface area contributed by atoms with Crippen molar-refractivity contribution in [1.82, 2.24) is 19.6 Å². The van der Waals surface area contributed by atoms with Gasteiger partial charge in [-0.2, -0.15) is 0 Å². The normalized spacial score (nSPS) is 17.1. The molecule has 1 saturated heterocycles. The van der Waals surface area contributed by atoms with Crippen LogP contribution in [0.2, 0.25) is 5.15 Å². The minimum Gasteiger partial charge on any atom is -0.444 e. The van der Waals surface area contributed by atoms with E-state index in [-0.39, 0.29) is 28.7 Å². The van der Waals surface area contributed by atoms with Crippen LogP contribution in [0.1, 0.15) is 75.8 Å². The van der Waals surface area contributed by atoms with E-state index in [1.807, 2.05) is 62.1 Å². The average molecular weight is 596 g/mol. The van der Waals surface area contributed by atoms with E-state index in [1.165, 1.54) is 6.20 Å². The first-order valence-corrected chi connectivity index (χ1v) is 15.0. The van der Waals surface area contributed by atoms with Gasteiger partial charge in [-0.15, -0.1) is 0 Å². The number of benzene rings is 1. The Hall–Kier alpha value is -3.30. The molecule has 1 aliphatic rings. The van der Waals surface area contributed by atoms with Crippen molar-refractivity contribution in [2.75, 3.05) is 11.9 Å². The molecule has 3 heterocycles. The van der Waals surface area contributed by atoms with Crippen molar-refractivity contribution in [2.45, 2.75) is 76.1 Å². The van der Waals surface area contributed by atoms with Crippen molar-refractivity contribution in [3.8, 4) is 0 Å². The smallest absolute Gasteiger partial charge is 0.410 e. The highest BCUT2D eigenvalue weighted by Gasteiger charge is 2.42. The minimum absolute atomic E-state index is 0.0198. The predicted molar refractivity (Wildman–Crippen MR) is 164 cm³/mol. The minimum atomic E-state index is -0.526. The van der Waals surface area contributed by atoms with Gasteiger partial charge >= 0.3 is 6.09 Å². The summed E-state index contributed by atoms with van der Waals surface area (Å²) in [5, 5.41) is 4.39. The van der Waals surface area contributed by atoms with Crippen molar-refractivity contribution in [2.24, 2.45) is 5.92 Å². The zero-order valence-corrected chi connectivity index (χ0v) is 25.8. The summed E-state index contributed by atoms with van der Waals surface area (Å²) in [5.41, 5.74) is 0.677. The van der Waals surface area contributed by atoms with Crippen LogP contribution in [-0.4, -0.2) is 44.6 Å². The zero-order chi connectivity index (χ0) is 29.6. The lowest BCUT2D eigenvalue weighted by Crippen LogP contribution is -2.45. The van der Waals surface area contributed by atoms with Crippen LogP contribution < -0.4 is 10.0 Å². The van der Waals surface area contributed by atoms with Gasteiger partial charge in [0, 0.05) is 30.2 Å². The van der Waals surface area contributed by atoms with Gasteiger partial charge in [0.1, 0.15) is 21.6 Å². The largest absolute Gasteiger partial charge is 0.444 e. The van der Waals surface area contributed by atoms with Crippen LogP contribution in [0.15, 0.2) is 71.9 Å². The van der Waals surface area contributed by atoms with Gasteiger partial charge in [0.2, 0.25) is 0 Å². The Kier molecular flexibility index (Phi) is 9.81. The van der Waals surface area contributed by atoms with E-state index in [4.69, 9.17) is 21.3 Å². The molecule has 0 aliphatic carbocycles. The summed E-state index contributed by atoms with van der Waals surface area (Å²) in [7, 11) is 0. The molecule has 1 aromatic carbocycles. The second kappa shape index (κ2) is 13.1. The fraction of sp³-hybridized carbons (Fsp3) is 0.419. The standard InChI is InChI=1S/C31H38ClN5O3S/c1-30(2,3)40-29(39)37-20-21(19-31(37,4)5)16-17-24(22-11-7-6-8-12-22)34-25-14-9-15-26(35-25)41-36-28(38)23-13-10-18-33-27(23)32/h6-15,18,21,24H,16-17,19-20H2,1-5H3,(H,34,35)(H,36,38)/t21-,24?/m0/s1. The highest BCUT2D eigenvalue weighted by molar-refractivity contribution is 7.97. The van der Waals surface area contributed by atoms with E-state index < -0.39 is 5.60 Å². The molecule has 2 atom stereocenters. The molecule has 1 fully saturated rings. The van der Waals surface area contributed by atoms with Crippen LogP contribution in [0, 0.1) is 5.92 Å². The van der Waals surface area contributed by atoms with Gasteiger partial charge in [0.25, 0.3) is 5.91 Å². The molecule has 2 amide bonds. The topological polar surface area (TPSA) is 96.5 Å². The lowest BCUT2D eigenvalue weighted by Gasteiger charge is -2.33. The quantitative estimate of drug-likeness (QED) is 0.195. The number of aromatic nitrogens is 2. The van der Waals surface area contributed by atoms with Gasteiger partial charge in [-0.05, 0) is 89.6 Å². The molecule has 1 aliphatic heterocycles. The number of carbonyl (C=O) groups is 2. The predicted octanol–water partition coefficient (Wildman–Crippen LogP) is 7.54. The number of nitrogens with one attached hydrogen (secondary N) is 2. The Balaban J connectivity index is 1.41. The Labute approximate surface area is 251 Å². The van der Waals surface area contributed by atoms with E-state index in [0.29, 0.717) is 28.9 Å². The summed E-state index contributed by atoms with van der Waals surface area (Å²) < 4.78 is 8.47. The van der Waals surface area contributed by atoms with Gasteiger partial charge in [-0.25, -0.2) is 14.8 Å². The second-order valence-corrected chi connectivity index (χ2v) is 13.1. The number of rotatable bonds is 9. The Morgan fingerprint density at radius 1 is 1.12 bits per heavy atom. The highest BCUT2D eigenvalue weighted by atomic mass is 35.5. The molecule has 0 spiro atoms. The van der Waals surface area contributed by atoms with Crippen molar-refractivity contribution in [3.63, 3.8) is 0 Å². The summed E-state index contributed by atoms with van der Waals surface area (Å²) in [6.45, 7) is 10.6. The SMILES string of the molecule is CC(C)(C)OC(=O)N1C[C@@H](CCC(Nc2cccc(SNC(=O)c3cccnc3Cl)n2)c2ccccc2)CC1(C)C. The molecule has 2 aromatic heterocycles. The number of carbonyl (C=O) groups excluding carboxylic acids is 2. The molecule has 2 N–H and O–H groups in total. The fourth-order valence-electron chi connectivity index (χ4n) is 5.07. The third kappa shape index (κ3) is 8.60. The second-order valence-electron chi connectivity index (χ2n) is 11.9. The van der Waals surface area contributed by atoms with Crippen LogP contribution in [0.3, 0.4) is 0 Å². The molecular formula is C31H38ClN5O3S. The van der Waals surface area contributed by atoms with E-state index in [1.54, 1.807) is 12.1 Å². The van der Waals surface area contributed by atoms with Crippen molar-refractivity contribution < 1.29 is 14.3 Å². The van der Waals surface area contributed by atoms with Gasteiger partial charge in [-0.1, -0.05) is 48.0 Å². The number of ether oxygens (including phenoxy) is 1. The average Bonchev–Trinajstić information content (AvgIpc) is 3.24. The number of nitrogens with zero attached hydrogens (tertiary/aromatic N) is 3. The Bertz CT molecular complexity index is 1350. The molecular weight excluding hydrogens is 558 g/mol. The molecule has 0 radical (unpaired) electrons. The summed E-state index contributed by atoms with van der Waals surface area (Å²) in [5.74, 6) is 0.727. The van der Waals surface area contributed by atoms with Gasteiger partial charge in [0.05, 0.1) is 11.6 Å². The first-order valence-electron chi connectivity index (χ1n) is 13.8. The number of pyridine rings is 2. The van der Waals surface area contributed by atoms with Crippen LogP contribution in [0.5, 0.6) is 0 Å². The van der Waals surface area contributed by atoms with Gasteiger partial charge in [0.15, 0.2) is 0 Å². The molecule has 0 saturated carbocycles. The number of halogens is 1. The molecule has 4 rings (SSSR count). The molecule has 10 heteroatoms. The highest BCUT2D eigenvalue weighted by Crippen LogP contribution is 2.38. The maximum Gasteiger partial charge on any atom is 0.410 e. The number of hydrogen-bond acceptors (Lipinski definition) is 7. The first kappa shape index (κ1) is 30.7. The van der Waals surface area contributed by atoms with Crippen LogP contribution in [0.25, 0.3) is 0 Å². The van der Waals surface area contributed by atoms with Gasteiger partial charge < -0.3 is 15.0 Å². The van der Waals surface area contributed by atoms with Crippen LogP contribution >= 0.6 is 23.5 Å². The number of anilines is 1. The number of amides is 2. The van der Waals surface area contributed by atoms with Crippen molar-refractivity contribution >= 4 is 41.4 Å². The third-order valence-electron chi connectivity index (χ3n) is 6.94. The van der Waals surface area contributed by atoms with E-state index >= 15 is 0 Å².